The maximum absolute atomic E-state index is 10.8. The molecule has 0 saturated heterocycles. The van der Waals surface area contributed by atoms with Crippen molar-refractivity contribution >= 4 is 23.3 Å². The van der Waals surface area contributed by atoms with Crippen LogP contribution in [0.5, 0.6) is 5.75 Å². The number of carbonyl (C=O) groups is 1. The van der Waals surface area contributed by atoms with Crippen LogP contribution in [0.1, 0.15) is 13.3 Å². The molecule has 0 aliphatic heterocycles. The van der Waals surface area contributed by atoms with E-state index in [1.807, 2.05) is 0 Å². The molecule has 0 amide bonds. The molecule has 19 heavy (non-hydrogen) atoms. The van der Waals surface area contributed by atoms with E-state index in [0.29, 0.717) is 6.42 Å². The van der Waals surface area contributed by atoms with E-state index in [-0.39, 0.29) is 28.6 Å². The van der Waals surface area contributed by atoms with E-state index in [2.05, 4.69) is 0 Å². The van der Waals surface area contributed by atoms with Crippen LogP contribution in [0.3, 0.4) is 0 Å². The van der Waals surface area contributed by atoms with Gasteiger partial charge in [0.05, 0.1) is 4.92 Å². The third-order valence-corrected chi connectivity index (χ3v) is 2.58. The Labute approximate surface area is 114 Å². The van der Waals surface area contributed by atoms with Crippen molar-refractivity contribution in [1.82, 2.24) is 0 Å². The monoisotopic (exact) mass is 285 g/mol. The highest BCUT2D eigenvalue weighted by atomic mass is 35.5. The number of hydrogen-bond donors (Lipinski definition) is 1. The third-order valence-electron chi connectivity index (χ3n) is 2.34. The van der Waals surface area contributed by atoms with Gasteiger partial charge in [0, 0.05) is 16.7 Å². The van der Waals surface area contributed by atoms with Gasteiger partial charge in [-0.1, -0.05) is 18.5 Å². The second-order valence-electron chi connectivity index (χ2n) is 3.57. The van der Waals surface area contributed by atoms with Gasteiger partial charge in [-0.25, -0.2) is 4.79 Å². The molecular formula is C12H12ClNO5. The Morgan fingerprint density at radius 2 is 2.26 bits per heavy atom. The Hall–Kier alpha value is -2.08. The van der Waals surface area contributed by atoms with Crippen LogP contribution in [0.4, 0.5) is 5.69 Å². The van der Waals surface area contributed by atoms with Gasteiger partial charge < -0.3 is 9.84 Å². The van der Waals surface area contributed by atoms with Crippen molar-refractivity contribution in [3.63, 3.8) is 0 Å². The highest BCUT2D eigenvalue weighted by Gasteiger charge is 2.15. The summed E-state index contributed by atoms with van der Waals surface area (Å²) in [5.74, 6) is -0.983. The van der Waals surface area contributed by atoms with Crippen LogP contribution in [-0.4, -0.2) is 22.6 Å². The van der Waals surface area contributed by atoms with Crippen molar-refractivity contribution in [2.75, 3.05) is 6.61 Å². The summed E-state index contributed by atoms with van der Waals surface area (Å²) in [6.45, 7) is 1.64. The van der Waals surface area contributed by atoms with Crippen LogP contribution in [0, 0.1) is 10.1 Å². The summed E-state index contributed by atoms with van der Waals surface area (Å²) in [6, 6.07) is 4.02. The number of halogens is 1. The summed E-state index contributed by atoms with van der Waals surface area (Å²) in [5, 5.41) is 19.8. The maximum atomic E-state index is 10.8. The molecule has 0 fully saturated rings. The standard InChI is InChI=1S/C12H12ClNO5/c1-2-8(12(15)16)5-6-19-11-4-3-9(13)7-10(11)14(17)18/h3-5,7H,2,6H2,1H3,(H,15,16). The minimum absolute atomic E-state index is 0.0477. The molecule has 0 spiro atoms. The van der Waals surface area contributed by atoms with E-state index in [0.717, 1.165) is 0 Å². The molecule has 0 bridgehead atoms. The van der Waals surface area contributed by atoms with Gasteiger partial charge in [0.25, 0.3) is 0 Å². The van der Waals surface area contributed by atoms with Crippen molar-refractivity contribution in [2.24, 2.45) is 0 Å². The Morgan fingerprint density at radius 3 is 2.79 bits per heavy atom. The fourth-order valence-electron chi connectivity index (χ4n) is 1.37. The SMILES string of the molecule is CCC(=CCOc1ccc(Cl)cc1[N+](=O)[O-])C(=O)O. The van der Waals surface area contributed by atoms with E-state index >= 15 is 0 Å². The lowest BCUT2D eigenvalue weighted by Gasteiger charge is -2.05. The van der Waals surface area contributed by atoms with Gasteiger partial charge in [-0.3, -0.25) is 10.1 Å². The first kappa shape index (κ1) is 15.0. The molecule has 0 aromatic heterocycles. The summed E-state index contributed by atoms with van der Waals surface area (Å²) in [6.07, 6.45) is 1.72. The number of ether oxygens (including phenoxy) is 1. The summed E-state index contributed by atoms with van der Waals surface area (Å²) in [5.41, 5.74) is -0.0640. The quantitative estimate of drug-likeness (QED) is 0.493. The first-order valence-electron chi connectivity index (χ1n) is 5.44. The van der Waals surface area contributed by atoms with Gasteiger partial charge in [-0.15, -0.1) is 0 Å². The van der Waals surface area contributed by atoms with Crippen LogP contribution in [-0.2, 0) is 4.79 Å². The molecule has 0 atom stereocenters. The zero-order chi connectivity index (χ0) is 14.4. The van der Waals surface area contributed by atoms with Crippen LogP contribution < -0.4 is 4.74 Å². The average molecular weight is 286 g/mol. The zero-order valence-electron chi connectivity index (χ0n) is 10.1. The second-order valence-corrected chi connectivity index (χ2v) is 4.00. The number of nitro benzene ring substituents is 1. The normalized spacial score (nSPS) is 11.2. The number of carboxylic acid groups (broad SMARTS) is 1. The summed E-state index contributed by atoms with van der Waals surface area (Å²) >= 11 is 5.66. The molecule has 0 unspecified atom stereocenters. The first-order valence-corrected chi connectivity index (χ1v) is 5.82. The van der Waals surface area contributed by atoms with Crippen molar-refractivity contribution < 1.29 is 19.6 Å². The number of carboxylic acids is 1. The van der Waals surface area contributed by atoms with E-state index in [4.69, 9.17) is 21.4 Å². The fourth-order valence-corrected chi connectivity index (χ4v) is 1.54. The largest absolute Gasteiger partial charge is 0.483 e. The Balaban J connectivity index is 2.84. The van der Waals surface area contributed by atoms with E-state index in [9.17, 15) is 14.9 Å². The van der Waals surface area contributed by atoms with Crippen LogP contribution in [0.15, 0.2) is 29.8 Å². The summed E-state index contributed by atoms with van der Waals surface area (Å²) in [7, 11) is 0. The molecule has 0 aliphatic rings. The number of aliphatic carboxylic acids is 1. The second kappa shape index (κ2) is 6.75. The third kappa shape index (κ3) is 4.26. The molecule has 0 aliphatic carbocycles. The Bertz CT molecular complexity index is 527. The number of nitro groups is 1. The number of nitrogens with zero attached hydrogens (tertiary/aromatic N) is 1. The lowest BCUT2D eigenvalue weighted by atomic mass is 10.2. The molecule has 1 aromatic rings. The highest BCUT2D eigenvalue weighted by molar-refractivity contribution is 6.30. The molecule has 0 heterocycles. The van der Waals surface area contributed by atoms with Crippen LogP contribution in [0.25, 0.3) is 0 Å². The highest BCUT2D eigenvalue weighted by Crippen LogP contribution is 2.29. The van der Waals surface area contributed by atoms with Gasteiger partial charge in [0.1, 0.15) is 6.61 Å². The lowest BCUT2D eigenvalue weighted by Crippen LogP contribution is -2.04. The minimum Gasteiger partial charge on any atom is -0.483 e. The van der Waals surface area contributed by atoms with Gasteiger partial charge in [-0.05, 0) is 24.6 Å². The predicted octanol–water partition coefficient (Wildman–Crippen LogP) is 3.05. The van der Waals surface area contributed by atoms with Crippen molar-refractivity contribution in [1.29, 1.82) is 0 Å². The summed E-state index contributed by atoms with van der Waals surface area (Å²) < 4.78 is 5.20. The molecule has 102 valence electrons. The molecule has 1 aromatic carbocycles. The van der Waals surface area contributed by atoms with Crippen molar-refractivity contribution in [2.45, 2.75) is 13.3 Å². The van der Waals surface area contributed by atoms with Gasteiger partial charge in [0.2, 0.25) is 0 Å². The van der Waals surface area contributed by atoms with E-state index in [1.54, 1.807) is 6.92 Å². The molecular weight excluding hydrogens is 274 g/mol. The van der Waals surface area contributed by atoms with Gasteiger partial charge >= 0.3 is 11.7 Å². The van der Waals surface area contributed by atoms with Crippen molar-refractivity contribution in [3.05, 3.63) is 45.0 Å². The molecule has 1 rings (SSSR count). The first-order chi connectivity index (χ1) is 8.95. The Morgan fingerprint density at radius 1 is 1.58 bits per heavy atom. The smallest absolute Gasteiger partial charge is 0.331 e. The van der Waals surface area contributed by atoms with Crippen molar-refractivity contribution in [3.8, 4) is 5.75 Å². The number of hydrogen-bond acceptors (Lipinski definition) is 4. The molecule has 1 N–H and O–H groups in total. The molecule has 0 radical (unpaired) electrons. The molecule has 6 nitrogen and oxygen atoms in total. The lowest BCUT2D eigenvalue weighted by molar-refractivity contribution is -0.385. The zero-order valence-corrected chi connectivity index (χ0v) is 10.9. The summed E-state index contributed by atoms with van der Waals surface area (Å²) in [4.78, 5) is 20.9. The molecule has 0 saturated carbocycles. The van der Waals surface area contributed by atoms with Gasteiger partial charge in [0.15, 0.2) is 5.75 Å². The van der Waals surface area contributed by atoms with Crippen LogP contribution >= 0.6 is 11.6 Å². The molecule has 7 heteroatoms. The van der Waals surface area contributed by atoms with E-state index < -0.39 is 10.9 Å². The predicted molar refractivity (Wildman–Crippen MR) is 69.6 cm³/mol. The number of benzene rings is 1. The van der Waals surface area contributed by atoms with E-state index in [1.165, 1.54) is 24.3 Å². The number of rotatable bonds is 6. The topological polar surface area (TPSA) is 89.7 Å². The fraction of sp³-hybridized carbons (Fsp3) is 0.250. The average Bonchev–Trinajstić information content (AvgIpc) is 2.35. The van der Waals surface area contributed by atoms with Crippen LogP contribution in [0.2, 0.25) is 5.02 Å². The maximum Gasteiger partial charge on any atom is 0.331 e. The minimum atomic E-state index is -1.03. The Kier molecular flexibility index (Phi) is 5.32. The van der Waals surface area contributed by atoms with Gasteiger partial charge in [-0.2, -0.15) is 0 Å².